The van der Waals surface area contributed by atoms with Gasteiger partial charge in [-0.15, -0.1) is 0 Å². The van der Waals surface area contributed by atoms with Crippen molar-refractivity contribution >= 4 is 21.6 Å². The Bertz CT molecular complexity index is 1170. The summed E-state index contributed by atoms with van der Waals surface area (Å²) in [6.07, 6.45) is 1.95. The zero-order valence-corrected chi connectivity index (χ0v) is 19.0. The second-order valence-corrected chi connectivity index (χ2v) is 9.38. The van der Waals surface area contributed by atoms with Crippen molar-refractivity contribution < 1.29 is 22.6 Å². The molecule has 1 aliphatic heterocycles. The maximum Gasteiger partial charge on any atom is 0.244 e. The standard InChI is InChI=1S/C22H23ClN2O5S/c1-28-19-13-15(14-20(29-2)22(19)30-3)21-18-5-4-10-24(18)11-12-25(21)31(26,27)17-8-6-16(23)7-9-17/h4-10,13-14,21H,11-12H2,1-3H3/t21-/m1/s1. The van der Waals surface area contributed by atoms with E-state index in [1.807, 2.05) is 18.3 Å². The second-order valence-electron chi connectivity index (χ2n) is 7.06. The van der Waals surface area contributed by atoms with Crippen LogP contribution in [0.5, 0.6) is 17.2 Å². The predicted octanol–water partition coefficient (Wildman–Crippen LogP) is 3.96. The molecule has 1 aliphatic rings. The minimum atomic E-state index is -3.80. The summed E-state index contributed by atoms with van der Waals surface area (Å²) in [5, 5.41) is 0.479. The van der Waals surface area contributed by atoms with Gasteiger partial charge in [-0.05, 0) is 54.1 Å². The molecule has 0 N–H and O–H groups in total. The molecule has 0 spiro atoms. The lowest BCUT2D eigenvalue weighted by Gasteiger charge is -2.36. The van der Waals surface area contributed by atoms with Crippen molar-refractivity contribution in [3.05, 3.63) is 71.0 Å². The SMILES string of the molecule is COc1cc([C@@H]2c3cccn3CCN2S(=O)(=O)c2ccc(Cl)cc2)cc(OC)c1OC. The molecule has 2 aromatic carbocycles. The molecule has 4 rings (SSSR count). The van der Waals surface area contributed by atoms with Crippen LogP contribution in [0.1, 0.15) is 17.3 Å². The van der Waals surface area contributed by atoms with E-state index in [9.17, 15) is 8.42 Å². The van der Waals surface area contributed by atoms with Crippen molar-refractivity contribution in [2.45, 2.75) is 17.5 Å². The van der Waals surface area contributed by atoms with Crippen molar-refractivity contribution in [1.82, 2.24) is 8.87 Å². The van der Waals surface area contributed by atoms with Crippen LogP contribution in [0.25, 0.3) is 0 Å². The van der Waals surface area contributed by atoms with Gasteiger partial charge in [0.05, 0.1) is 32.3 Å². The zero-order chi connectivity index (χ0) is 22.2. The summed E-state index contributed by atoms with van der Waals surface area (Å²) in [5.41, 5.74) is 1.57. The van der Waals surface area contributed by atoms with Crippen molar-refractivity contribution in [1.29, 1.82) is 0 Å². The fraction of sp³-hybridized carbons (Fsp3) is 0.273. The van der Waals surface area contributed by atoms with Crippen LogP contribution < -0.4 is 14.2 Å². The number of rotatable bonds is 6. The molecule has 0 radical (unpaired) electrons. The first-order valence-corrected chi connectivity index (χ1v) is 11.4. The first kappa shape index (κ1) is 21.5. The third-order valence-corrected chi connectivity index (χ3v) is 7.55. The van der Waals surface area contributed by atoms with Gasteiger partial charge in [0.1, 0.15) is 0 Å². The fourth-order valence-electron chi connectivity index (χ4n) is 3.96. The quantitative estimate of drug-likeness (QED) is 0.554. The fourth-order valence-corrected chi connectivity index (χ4v) is 5.67. The molecule has 0 fully saturated rings. The summed E-state index contributed by atoms with van der Waals surface area (Å²) >= 11 is 5.97. The third kappa shape index (κ3) is 3.75. The Morgan fingerprint density at radius 2 is 1.58 bits per heavy atom. The topological polar surface area (TPSA) is 70.0 Å². The van der Waals surface area contributed by atoms with Crippen molar-refractivity contribution in [3.8, 4) is 17.2 Å². The van der Waals surface area contributed by atoms with Gasteiger partial charge in [-0.3, -0.25) is 0 Å². The molecule has 0 saturated heterocycles. The van der Waals surface area contributed by atoms with Gasteiger partial charge in [-0.2, -0.15) is 4.31 Å². The Kier molecular flexibility index (Phi) is 5.88. The van der Waals surface area contributed by atoms with E-state index < -0.39 is 16.1 Å². The molecule has 0 aliphatic carbocycles. The summed E-state index contributed by atoms with van der Waals surface area (Å²) in [6.45, 7) is 0.865. The van der Waals surface area contributed by atoms with Crippen molar-refractivity contribution in [3.63, 3.8) is 0 Å². The van der Waals surface area contributed by atoms with Gasteiger partial charge >= 0.3 is 0 Å². The summed E-state index contributed by atoms with van der Waals surface area (Å²) in [4.78, 5) is 0.189. The van der Waals surface area contributed by atoms with E-state index >= 15 is 0 Å². The number of nitrogens with zero attached hydrogens (tertiary/aromatic N) is 2. The molecule has 2 heterocycles. The highest BCUT2D eigenvalue weighted by Crippen LogP contribution is 2.44. The smallest absolute Gasteiger partial charge is 0.244 e. The molecular weight excluding hydrogens is 440 g/mol. The molecule has 1 atom stereocenters. The molecule has 7 nitrogen and oxygen atoms in total. The number of benzene rings is 2. The van der Waals surface area contributed by atoms with Crippen LogP contribution in [0.4, 0.5) is 0 Å². The Balaban J connectivity index is 1.90. The molecule has 0 saturated carbocycles. The van der Waals surface area contributed by atoms with Crippen molar-refractivity contribution in [2.75, 3.05) is 27.9 Å². The average molecular weight is 463 g/mol. The van der Waals surface area contributed by atoms with Crippen molar-refractivity contribution in [2.24, 2.45) is 0 Å². The number of aromatic nitrogens is 1. The van der Waals surface area contributed by atoms with E-state index in [1.54, 1.807) is 24.3 Å². The number of ether oxygens (including phenoxy) is 3. The van der Waals surface area contributed by atoms with Gasteiger partial charge in [0.25, 0.3) is 0 Å². The second kappa shape index (κ2) is 8.45. The molecule has 3 aromatic rings. The van der Waals surface area contributed by atoms with E-state index in [-0.39, 0.29) is 4.90 Å². The van der Waals surface area contributed by atoms with E-state index in [1.165, 1.54) is 37.8 Å². The first-order chi connectivity index (χ1) is 14.9. The minimum absolute atomic E-state index is 0.189. The lowest BCUT2D eigenvalue weighted by atomic mass is 10.0. The normalized spacial score (nSPS) is 16.6. The summed E-state index contributed by atoms with van der Waals surface area (Å²) < 4.78 is 47.3. The molecular formula is C22H23ClN2O5S. The molecule has 0 unspecified atom stereocenters. The van der Waals surface area contributed by atoms with Crippen LogP contribution in [-0.2, 0) is 16.6 Å². The van der Waals surface area contributed by atoms with Gasteiger partial charge < -0.3 is 18.8 Å². The number of sulfonamides is 1. The number of hydrogen-bond acceptors (Lipinski definition) is 5. The number of fused-ring (bicyclic) bond motifs is 1. The lowest BCUT2D eigenvalue weighted by molar-refractivity contribution is 0.293. The van der Waals surface area contributed by atoms with E-state index in [0.29, 0.717) is 40.9 Å². The van der Waals surface area contributed by atoms with Gasteiger partial charge in [0.15, 0.2) is 11.5 Å². The number of hydrogen-bond donors (Lipinski definition) is 0. The number of halogens is 1. The van der Waals surface area contributed by atoms with Crippen LogP contribution >= 0.6 is 11.6 Å². The molecule has 0 bridgehead atoms. The molecule has 1 aromatic heterocycles. The maximum absolute atomic E-state index is 13.6. The summed E-state index contributed by atoms with van der Waals surface area (Å²) in [7, 11) is 0.797. The zero-order valence-electron chi connectivity index (χ0n) is 17.4. The Labute approximate surface area is 186 Å². The predicted molar refractivity (Wildman–Crippen MR) is 118 cm³/mol. The summed E-state index contributed by atoms with van der Waals surface area (Å²) in [5.74, 6) is 1.38. The van der Waals surface area contributed by atoms with Gasteiger partial charge in [0, 0.05) is 30.0 Å². The number of methoxy groups -OCH3 is 3. The molecule has 0 amide bonds. The molecule has 164 valence electrons. The highest BCUT2D eigenvalue weighted by molar-refractivity contribution is 7.89. The van der Waals surface area contributed by atoms with Crippen LogP contribution in [0.2, 0.25) is 5.02 Å². The first-order valence-electron chi connectivity index (χ1n) is 9.63. The largest absolute Gasteiger partial charge is 0.493 e. The highest BCUT2D eigenvalue weighted by atomic mass is 35.5. The van der Waals surface area contributed by atoms with E-state index in [4.69, 9.17) is 25.8 Å². The Morgan fingerprint density at radius 3 is 2.16 bits per heavy atom. The monoisotopic (exact) mass is 462 g/mol. The minimum Gasteiger partial charge on any atom is -0.493 e. The highest BCUT2D eigenvalue weighted by Gasteiger charge is 2.38. The van der Waals surface area contributed by atoms with Gasteiger partial charge in [-0.25, -0.2) is 8.42 Å². The molecule has 31 heavy (non-hydrogen) atoms. The average Bonchev–Trinajstić information content (AvgIpc) is 3.26. The van der Waals surface area contributed by atoms with Crippen LogP contribution in [0, 0.1) is 0 Å². The Morgan fingerprint density at radius 1 is 0.935 bits per heavy atom. The summed E-state index contributed by atoms with van der Waals surface area (Å²) in [6, 6.07) is 13.1. The van der Waals surface area contributed by atoms with Crippen LogP contribution in [0.15, 0.2) is 59.6 Å². The Hall–Kier alpha value is -2.68. The van der Waals surface area contributed by atoms with E-state index in [0.717, 1.165) is 5.69 Å². The molecule has 9 heteroatoms. The van der Waals surface area contributed by atoms with Crippen LogP contribution in [-0.4, -0.2) is 45.2 Å². The van der Waals surface area contributed by atoms with Gasteiger partial charge in [-0.1, -0.05) is 11.6 Å². The van der Waals surface area contributed by atoms with Gasteiger partial charge in [0.2, 0.25) is 15.8 Å². The third-order valence-electron chi connectivity index (χ3n) is 5.42. The lowest BCUT2D eigenvalue weighted by Crippen LogP contribution is -2.42. The maximum atomic E-state index is 13.6. The van der Waals surface area contributed by atoms with E-state index in [2.05, 4.69) is 4.57 Å². The van der Waals surface area contributed by atoms with Crippen LogP contribution in [0.3, 0.4) is 0 Å².